The smallest absolute Gasteiger partial charge is 0.265 e. The molecule has 0 spiro atoms. The number of aromatic nitrogens is 1. The van der Waals surface area contributed by atoms with Crippen molar-refractivity contribution in [1.82, 2.24) is 4.98 Å². The first-order valence-corrected chi connectivity index (χ1v) is 7.58. The van der Waals surface area contributed by atoms with E-state index in [9.17, 15) is 12.6 Å². The van der Waals surface area contributed by atoms with Crippen molar-refractivity contribution in [3.05, 3.63) is 24.5 Å². The van der Waals surface area contributed by atoms with Gasteiger partial charge in [0.2, 0.25) is 0 Å². The molecule has 1 aromatic rings. The average molecular weight is 255 g/mol. The number of halogens is 1. The summed E-state index contributed by atoms with van der Waals surface area (Å²) in [5.74, 6) is 0. The van der Waals surface area contributed by atoms with Crippen LogP contribution in [0.5, 0.6) is 0 Å². The SMILES string of the molecule is C[S@@](=O)(=NS(=O)(=O)Cl)c1ccncc1. The van der Waals surface area contributed by atoms with Crippen molar-refractivity contribution in [3.63, 3.8) is 0 Å². The molecule has 14 heavy (non-hydrogen) atoms. The van der Waals surface area contributed by atoms with Crippen LogP contribution in [-0.2, 0) is 19.0 Å². The molecule has 1 atom stereocenters. The summed E-state index contributed by atoms with van der Waals surface area (Å²) in [5, 5.41) is 0. The summed E-state index contributed by atoms with van der Waals surface area (Å²) >= 11 is 0. The Kier molecular flexibility index (Phi) is 3.13. The third kappa shape index (κ3) is 3.24. The molecule has 78 valence electrons. The van der Waals surface area contributed by atoms with E-state index in [4.69, 9.17) is 10.7 Å². The van der Waals surface area contributed by atoms with E-state index < -0.39 is 19.0 Å². The van der Waals surface area contributed by atoms with E-state index in [1.807, 2.05) is 0 Å². The van der Waals surface area contributed by atoms with Gasteiger partial charge in [-0.15, -0.1) is 0 Å². The summed E-state index contributed by atoms with van der Waals surface area (Å²) in [4.78, 5) is 3.98. The predicted octanol–water partition coefficient (Wildman–Crippen LogP) is 1.02. The molecule has 1 rings (SSSR count). The van der Waals surface area contributed by atoms with Gasteiger partial charge in [0.25, 0.3) is 0 Å². The van der Waals surface area contributed by atoms with Crippen molar-refractivity contribution in [2.75, 3.05) is 6.26 Å². The lowest BCUT2D eigenvalue weighted by molar-refractivity contribution is 0.611. The van der Waals surface area contributed by atoms with E-state index in [1.165, 1.54) is 30.8 Å². The second-order valence-corrected chi connectivity index (χ2v) is 7.14. The van der Waals surface area contributed by atoms with Gasteiger partial charge in [-0.05, 0) is 12.1 Å². The van der Waals surface area contributed by atoms with Crippen LogP contribution < -0.4 is 0 Å². The molecule has 1 heterocycles. The molecular formula is C6H7ClN2O3S2. The lowest BCUT2D eigenvalue weighted by Crippen LogP contribution is -2.00. The molecule has 0 aliphatic rings. The van der Waals surface area contributed by atoms with Crippen LogP contribution >= 0.6 is 10.7 Å². The molecule has 0 fully saturated rings. The van der Waals surface area contributed by atoms with Gasteiger partial charge in [0.05, 0.1) is 14.6 Å². The number of hydrogen-bond donors (Lipinski definition) is 0. The fourth-order valence-electron chi connectivity index (χ4n) is 0.804. The highest BCUT2D eigenvalue weighted by atomic mass is 35.7. The third-order valence-corrected chi connectivity index (χ3v) is 4.82. The predicted molar refractivity (Wildman–Crippen MR) is 53.8 cm³/mol. The molecule has 0 bridgehead atoms. The maximum absolute atomic E-state index is 11.7. The Bertz CT molecular complexity index is 531. The van der Waals surface area contributed by atoms with Crippen LogP contribution in [0.25, 0.3) is 0 Å². The lowest BCUT2D eigenvalue weighted by atomic mass is 10.5. The average Bonchev–Trinajstić information content (AvgIpc) is 2.01. The Morgan fingerprint density at radius 2 is 1.79 bits per heavy atom. The summed E-state index contributed by atoms with van der Waals surface area (Å²) in [7, 11) is -2.25. The van der Waals surface area contributed by atoms with E-state index in [-0.39, 0.29) is 4.90 Å². The summed E-state index contributed by atoms with van der Waals surface area (Å²) in [6.07, 6.45) is 3.99. The number of nitrogens with zero attached hydrogens (tertiary/aromatic N) is 2. The van der Waals surface area contributed by atoms with Gasteiger partial charge in [0.15, 0.2) is 0 Å². The molecule has 0 aromatic carbocycles. The van der Waals surface area contributed by atoms with E-state index in [1.54, 1.807) is 0 Å². The molecule has 0 aliphatic heterocycles. The van der Waals surface area contributed by atoms with E-state index in [0.29, 0.717) is 0 Å². The van der Waals surface area contributed by atoms with Gasteiger partial charge < -0.3 is 0 Å². The fraction of sp³-hybridized carbons (Fsp3) is 0.167. The minimum absolute atomic E-state index is 0.275. The molecule has 0 amide bonds. The Balaban J connectivity index is 3.37. The number of pyridine rings is 1. The number of hydrogen-bond acceptors (Lipinski definition) is 4. The zero-order valence-corrected chi connectivity index (χ0v) is 9.51. The minimum atomic E-state index is -4.13. The van der Waals surface area contributed by atoms with Crippen LogP contribution in [0.2, 0.25) is 0 Å². The zero-order chi connectivity index (χ0) is 10.8. The maximum Gasteiger partial charge on any atom is 0.347 e. The molecule has 0 radical (unpaired) electrons. The van der Waals surface area contributed by atoms with E-state index in [0.717, 1.165) is 0 Å². The Hall–Kier alpha value is -0.660. The molecule has 0 aliphatic carbocycles. The lowest BCUT2D eigenvalue weighted by Gasteiger charge is -2.00. The first kappa shape index (κ1) is 11.4. The van der Waals surface area contributed by atoms with Gasteiger partial charge in [-0.3, -0.25) is 4.98 Å². The van der Waals surface area contributed by atoms with Gasteiger partial charge in [0.1, 0.15) is 0 Å². The first-order chi connectivity index (χ1) is 6.31. The highest BCUT2D eigenvalue weighted by Crippen LogP contribution is 2.13. The van der Waals surface area contributed by atoms with Crippen molar-refractivity contribution in [2.45, 2.75) is 4.90 Å². The maximum atomic E-state index is 11.7. The van der Waals surface area contributed by atoms with Gasteiger partial charge >= 0.3 is 9.24 Å². The van der Waals surface area contributed by atoms with E-state index in [2.05, 4.69) is 8.75 Å². The van der Waals surface area contributed by atoms with Crippen LogP contribution in [-0.4, -0.2) is 23.9 Å². The normalized spacial score (nSPS) is 15.9. The molecule has 0 saturated heterocycles. The molecule has 0 N–H and O–H groups in total. The van der Waals surface area contributed by atoms with Crippen LogP contribution in [0, 0.1) is 0 Å². The Labute approximate surface area is 86.9 Å². The van der Waals surface area contributed by atoms with Gasteiger partial charge in [-0.2, -0.15) is 8.42 Å². The summed E-state index contributed by atoms with van der Waals surface area (Å²) in [6.45, 7) is 0. The summed E-state index contributed by atoms with van der Waals surface area (Å²) in [5.41, 5.74) is 0. The zero-order valence-electron chi connectivity index (χ0n) is 7.12. The highest BCUT2D eigenvalue weighted by Gasteiger charge is 2.10. The van der Waals surface area contributed by atoms with Crippen molar-refractivity contribution < 1.29 is 12.6 Å². The van der Waals surface area contributed by atoms with Gasteiger partial charge in [-0.1, -0.05) is 3.77 Å². The largest absolute Gasteiger partial charge is 0.347 e. The fourth-order valence-corrected chi connectivity index (χ4v) is 4.10. The molecule has 0 saturated carbocycles. The summed E-state index contributed by atoms with van der Waals surface area (Å²) in [6, 6.07) is 2.85. The second kappa shape index (κ2) is 3.84. The van der Waals surface area contributed by atoms with Crippen molar-refractivity contribution >= 4 is 29.6 Å². The minimum Gasteiger partial charge on any atom is -0.265 e. The molecule has 0 unspecified atom stereocenters. The van der Waals surface area contributed by atoms with E-state index >= 15 is 0 Å². The second-order valence-electron chi connectivity index (χ2n) is 2.47. The highest BCUT2D eigenvalue weighted by molar-refractivity contribution is 8.17. The Morgan fingerprint density at radius 3 is 2.21 bits per heavy atom. The quantitative estimate of drug-likeness (QED) is 0.739. The van der Waals surface area contributed by atoms with Crippen LogP contribution in [0.3, 0.4) is 0 Å². The molecule has 1 aromatic heterocycles. The van der Waals surface area contributed by atoms with Crippen LogP contribution in [0.1, 0.15) is 0 Å². The van der Waals surface area contributed by atoms with Crippen molar-refractivity contribution in [2.24, 2.45) is 3.77 Å². The third-order valence-electron chi connectivity index (χ3n) is 1.32. The molecule has 5 nitrogen and oxygen atoms in total. The van der Waals surface area contributed by atoms with Gasteiger partial charge in [0, 0.05) is 29.3 Å². The van der Waals surface area contributed by atoms with Gasteiger partial charge in [-0.25, -0.2) is 4.21 Å². The number of rotatable bonds is 2. The molecular weight excluding hydrogens is 248 g/mol. The monoisotopic (exact) mass is 254 g/mol. The standard InChI is InChI=1S/C6H7ClN2O3S2/c1-13(10,9-14(7,11)12)6-2-4-8-5-3-6/h2-5H,1H3/t13-/m0/s1. The topological polar surface area (TPSA) is 76.5 Å². The molecule has 8 heteroatoms. The first-order valence-electron chi connectivity index (χ1n) is 3.39. The van der Waals surface area contributed by atoms with Crippen molar-refractivity contribution in [3.8, 4) is 0 Å². The Morgan fingerprint density at radius 1 is 1.29 bits per heavy atom. The summed E-state index contributed by atoms with van der Waals surface area (Å²) < 4.78 is 36.0. The van der Waals surface area contributed by atoms with Crippen molar-refractivity contribution in [1.29, 1.82) is 0 Å². The van der Waals surface area contributed by atoms with Crippen LogP contribution in [0.15, 0.2) is 33.2 Å². The van der Waals surface area contributed by atoms with Crippen LogP contribution in [0.4, 0.5) is 0 Å².